The number of nitrogens with one attached hydrogen (secondary N) is 1. The van der Waals surface area contributed by atoms with E-state index < -0.39 is 11.8 Å². The number of hydrogen-bond donors (Lipinski definition) is 1. The van der Waals surface area contributed by atoms with Gasteiger partial charge in [0.2, 0.25) is 0 Å². The number of hydrazine groups is 1. The molecule has 1 heterocycles. The second-order valence-corrected chi connectivity index (χ2v) is 8.06. The Morgan fingerprint density at radius 2 is 2.03 bits per heavy atom. The molecule has 0 atom stereocenters. The van der Waals surface area contributed by atoms with Gasteiger partial charge in [0.25, 0.3) is 11.8 Å². The molecule has 2 aromatic carbocycles. The molecular weight excluding hydrogens is 444 g/mol. The van der Waals surface area contributed by atoms with Crippen molar-refractivity contribution < 1.29 is 19.1 Å². The average Bonchev–Trinajstić information content (AvgIpc) is 3.00. The SMILES string of the molecule is C=CCOc1c(/C=C2\SC(=S)N(NC(=O)c3ccc(Cl)cc3)C2=O)cccc1OC. The highest BCUT2D eigenvalue weighted by atomic mass is 35.5. The number of hydrogen-bond acceptors (Lipinski definition) is 6. The summed E-state index contributed by atoms with van der Waals surface area (Å²) < 4.78 is 11.3. The lowest BCUT2D eigenvalue weighted by Crippen LogP contribution is -2.44. The maximum Gasteiger partial charge on any atom is 0.285 e. The van der Waals surface area contributed by atoms with E-state index in [9.17, 15) is 9.59 Å². The largest absolute Gasteiger partial charge is 0.493 e. The number of nitrogens with zero attached hydrogens (tertiary/aromatic N) is 1. The zero-order valence-corrected chi connectivity index (χ0v) is 18.3. The van der Waals surface area contributed by atoms with Crippen molar-refractivity contribution in [1.82, 2.24) is 10.4 Å². The highest BCUT2D eigenvalue weighted by Crippen LogP contribution is 2.37. The van der Waals surface area contributed by atoms with E-state index in [0.717, 1.165) is 16.8 Å². The van der Waals surface area contributed by atoms with Crippen LogP contribution in [0.15, 0.2) is 60.0 Å². The summed E-state index contributed by atoms with van der Waals surface area (Å²) in [5, 5.41) is 1.56. The third-order valence-electron chi connectivity index (χ3n) is 3.97. The smallest absolute Gasteiger partial charge is 0.285 e. The molecule has 154 valence electrons. The Hall–Kier alpha value is -2.81. The quantitative estimate of drug-likeness (QED) is 0.374. The molecular formula is C21H17ClN2O4S2. The van der Waals surface area contributed by atoms with Crippen LogP contribution in [-0.4, -0.2) is 34.9 Å². The van der Waals surface area contributed by atoms with E-state index in [4.69, 9.17) is 33.3 Å². The molecule has 3 rings (SSSR count). The predicted molar refractivity (Wildman–Crippen MR) is 123 cm³/mol. The molecule has 1 saturated heterocycles. The van der Waals surface area contributed by atoms with E-state index in [0.29, 0.717) is 32.6 Å². The van der Waals surface area contributed by atoms with Crippen molar-refractivity contribution >= 4 is 57.8 Å². The Morgan fingerprint density at radius 3 is 2.70 bits per heavy atom. The molecule has 0 spiro atoms. The Labute approximate surface area is 188 Å². The Balaban J connectivity index is 1.84. The number of ether oxygens (including phenoxy) is 2. The van der Waals surface area contributed by atoms with Crippen molar-refractivity contribution in [2.24, 2.45) is 0 Å². The van der Waals surface area contributed by atoms with E-state index in [1.165, 1.54) is 7.11 Å². The summed E-state index contributed by atoms with van der Waals surface area (Å²) in [6.07, 6.45) is 3.26. The number of halogens is 1. The molecule has 2 aromatic rings. The van der Waals surface area contributed by atoms with Gasteiger partial charge in [-0.05, 0) is 48.6 Å². The molecule has 0 saturated carbocycles. The monoisotopic (exact) mass is 460 g/mol. The molecule has 2 amide bonds. The van der Waals surface area contributed by atoms with Gasteiger partial charge in [0, 0.05) is 16.1 Å². The number of para-hydroxylation sites is 1. The second-order valence-electron chi connectivity index (χ2n) is 5.94. The lowest BCUT2D eigenvalue weighted by Gasteiger charge is -2.15. The standard InChI is InChI=1S/C21H17ClN2O4S2/c1-3-11-28-18-14(5-4-6-16(18)27-2)12-17-20(26)24(21(29)30-17)23-19(25)13-7-9-15(22)10-8-13/h3-10,12H,1,11H2,2H3,(H,23,25)/b17-12-. The van der Waals surface area contributed by atoms with E-state index in [1.807, 2.05) is 0 Å². The fourth-order valence-corrected chi connectivity index (χ4v) is 3.87. The molecule has 0 bridgehead atoms. The van der Waals surface area contributed by atoms with Crippen molar-refractivity contribution in [1.29, 1.82) is 0 Å². The summed E-state index contributed by atoms with van der Waals surface area (Å²) in [6.45, 7) is 3.92. The molecule has 1 fully saturated rings. The number of methoxy groups -OCH3 is 1. The predicted octanol–water partition coefficient (Wildman–Crippen LogP) is 4.46. The number of benzene rings is 2. The van der Waals surface area contributed by atoms with Crippen molar-refractivity contribution in [2.75, 3.05) is 13.7 Å². The van der Waals surface area contributed by atoms with Crippen LogP contribution in [0.1, 0.15) is 15.9 Å². The molecule has 0 aliphatic carbocycles. The van der Waals surface area contributed by atoms with Crippen molar-refractivity contribution in [2.45, 2.75) is 0 Å². The van der Waals surface area contributed by atoms with Gasteiger partial charge in [-0.3, -0.25) is 15.0 Å². The topological polar surface area (TPSA) is 67.9 Å². The average molecular weight is 461 g/mol. The number of thiocarbonyl (C=S) groups is 1. The highest BCUT2D eigenvalue weighted by Gasteiger charge is 2.34. The van der Waals surface area contributed by atoms with Crippen LogP contribution < -0.4 is 14.9 Å². The van der Waals surface area contributed by atoms with Crippen LogP contribution >= 0.6 is 35.6 Å². The minimum absolute atomic E-state index is 0.213. The Kier molecular flexibility index (Phi) is 7.15. The summed E-state index contributed by atoms with van der Waals surface area (Å²) in [7, 11) is 1.53. The van der Waals surface area contributed by atoms with Gasteiger partial charge in [0.1, 0.15) is 6.61 Å². The highest BCUT2D eigenvalue weighted by molar-refractivity contribution is 8.26. The van der Waals surface area contributed by atoms with Crippen LogP contribution in [0.2, 0.25) is 5.02 Å². The number of rotatable bonds is 7. The fraction of sp³-hybridized carbons (Fsp3) is 0.0952. The van der Waals surface area contributed by atoms with Crippen molar-refractivity contribution in [3.05, 3.63) is 76.2 Å². The molecule has 6 nitrogen and oxygen atoms in total. The summed E-state index contributed by atoms with van der Waals surface area (Å²) in [4.78, 5) is 25.6. The van der Waals surface area contributed by atoms with E-state index in [1.54, 1.807) is 54.6 Å². The summed E-state index contributed by atoms with van der Waals surface area (Å²) >= 11 is 12.2. The van der Waals surface area contributed by atoms with E-state index in [2.05, 4.69) is 12.0 Å². The molecule has 0 radical (unpaired) electrons. The van der Waals surface area contributed by atoms with Gasteiger partial charge >= 0.3 is 0 Å². The van der Waals surface area contributed by atoms with Crippen LogP contribution in [0.3, 0.4) is 0 Å². The number of carbonyl (C=O) groups is 2. The van der Waals surface area contributed by atoms with Gasteiger partial charge < -0.3 is 9.47 Å². The van der Waals surface area contributed by atoms with Gasteiger partial charge in [0.05, 0.1) is 12.0 Å². The molecule has 30 heavy (non-hydrogen) atoms. The van der Waals surface area contributed by atoms with Crippen LogP contribution in [-0.2, 0) is 4.79 Å². The fourth-order valence-electron chi connectivity index (χ4n) is 2.58. The number of amides is 2. The lowest BCUT2D eigenvalue weighted by molar-refractivity contribution is -0.123. The molecule has 0 aromatic heterocycles. The zero-order valence-electron chi connectivity index (χ0n) is 15.9. The van der Waals surface area contributed by atoms with Crippen molar-refractivity contribution in [3.8, 4) is 11.5 Å². The van der Waals surface area contributed by atoms with E-state index in [-0.39, 0.29) is 10.9 Å². The summed E-state index contributed by atoms with van der Waals surface area (Å²) in [6, 6.07) is 11.6. The lowest BCUT2D eigenvalue weighted by atomic mass is 10.1. The van der Waals surface area contributed by atoms with Gasteiger partial charge in [0.15, 0.2) is 15.8 Å². The third-order valence-corrected chi connectivity index (χ3v) is 5.53. The number of thioether (sulfide) groups is 1. The third kappa shape index (κ3) is 4.84. The van der Waals surface area contributed by atoms with Gasteiger partial charge in [-0.15, -0.1) is 0 Å². The zero-order chi connectivity index (χ0) is 21.7. The van der Waals surface area contributed by atoms with Crippen LogP contribution in [0, 0.1) is 0 Å². The minimum Gasteiger partial charge on any atom is -0.493 e. The van der Waals surface area contributed by atoms with E-state index >= 15 is 0 Å². The molecule has 9 heteroatoms. The maximum atomic E-state index is 12.8. The molecule has 1 N–H and O–H groups in total. The second kappa shape index (κ2) is 9.80. The van der Waals surface area contributed by atoms with Crippen LogP contribution in [0.25, 0.3) is 6.08 Å². The Morgan fingerprint density at radius 1 is 1.30 bits per heavy atom. The van der Waals surface area contributed by atoms with Gasteiger partial charge in [-0.25, -0.2) is 0 Å². The van der Waals surface area contributed by atoms with Crippen molar-refractivity contribution in [3.63, 3.8) is 0 Å². The van der Waals surface area contributed by atoms with Crippen LogP contribution in [0.5, 0.6) is 11.5 Å². The van der Waals surface area contributed by atoms with Gasteiger partial charge in [-0.1, -0.05) is 48.2 Å². The first kappa shape index (κ1) is 21.9. The normalized spacial score (nSPS) is 14.7. The van der Waals surface area contributed by atoms with Gasteiger partial charge in [-0.2, -0.15) is 5.01 Å². The summed E-state index contributed by atoms with van der Waals surface area (Å²) in [5.41, 5.74) is 3.52. The first-order valence-electron chi connectivity index (χ1n) is 8.69. The maximum absolute atomic E-state index is 12.8. The van der Waals surface area contributed by atoms with Crippen LogP contribution in [0.4, 0.5) is 0 Å². The molecule has 1 aliphatic rings. The summed E-state index contributed by atoms with van der Waals surface area (Å²) in [5.74, 6) is 0.0953. The minimum atomic E-state index is -0.472. The first-order valence-corrected chi connectivity index (χ1v) is 10.3. The molecule has 0 unspecified atom stereocenters. The number of carbonyl (C=O) groups excluding carboxylic acids is 2. The molecule has 1 aliphatic heterocycles. The first-order chi connectivity index (χ1) is 14.4. The Bertz CT molecular complexity index is 1040.